The predicted octanol–water partition coefficient (Wildman–Crippen LogP) is 2.44. The average molecular weight is 201 g/mol. The summed E-state index contributed by atoms with van der Waals surface area (Å²) in [5.41, 5.74) is 0.660. The first-order valence-corrected chi connectivity index (χ1v) is 4.69. The molecule has 0 aliphatic heterocycles. The third-order valence-corrected chi connectivity index (χ3v) is 2.20. The molecule has 0 aromatic heterocycles. The van der Waals surface area contributed by atoms with Gasteiger partial charge in [-0.05, 0) is 0 Å². The molecular formula is C9H9ClOS. The van der Waals surface area contributed by atoms with E-state index in [1.54, 1.807) is 6.08 Å². The van der Waals surface area contributed by atoms with E-state index in [1.807, 2.05) is 12.2 Å². The Morgan fingerprint density at radius 3 is 3.00 bits per heavy atom. The van der Waals surface area contributed by atoms with Gasteiger partial charge in [0.2, 0.25) is 0 Å². The van der Waals surface area contributed by atoms with Crippen LogP contribution in [0.25, 0.3) is 0 Å². The van der Waals surface area contributed by atoms with Gasteiger partial charge >= 0.3 is 0 Å². The minimum atomic E-state index is 0.0550. The van der Waals surface area contributed by atoms with Gasteiger partial charge in [-0.15, -0.1) is 11.6 Å². The van der Waals surface area contributed by atoms with Crippen molar-refractivity contribution in [2.75, 3.05) is 5.88 Å². The molecule has 0 spiro atoms. The van der Waals surface area contributed by atoms with Crippen molar-refractivity contribution in [2.24, 2.45) is 0 Å². The summed E-state index contributed by atoms with van der Waals surface area (Å²) in [6.45, 7) is 0. The van der Waals surface area contributed by atoms with Gasteiger partial charge in [0.25, 0.3) is 0 Å². The lowest BCUT2D eigenvalue weighted by Crippen LogP contribution is -2.12. The zero-order valence-electron chi connectivity index (χ0n) is 6.55. The number of hydrogen-bond acceptors (Lipinski definition) is 2. The summed E-state index contributed by atoms with van der Waals surface area (Å²) in [5.74, 6) is 0.419. The maximum atomic E-state index is 11.3. The van der Waals surface area contributed by atoms with Crippen molar-refractivity contribution in [1.82, 2.24) is 0 Å². The first-order chi connectivity index (χ1) is 5.75. The number of carbonyl (C=O) groups excluding carboxylic acids is 1. The molecule has 12 heavy (non-hydrogen) atoms. The second kappa shape index (κ2) is 4.53. The number of rotatable bonds is 3. The maximum absolute atomic E-state index is 11.3. The minimum absolute atomic E-state index is 0.0550. The number of ketones is 1. The fraction of sp³-hybridized carbons (Fsp3) is 0.333. The Morgan fingerprint density at radius 2 is 2.42 bits per heavy atom. The summed E-state index contributed by atoms with van der Waals surface area (Å²) >= 11 is 10.5. The van der Waals surface area contributed by atoms with Crippen LogP contribution < -0.4 is 0 Å². The van der Waals surface area contributed by atoms with Crippen LogP contribution in [0.4, 0.5) is 0 Å². The van der Waals surface area contributed by atoms with Gasteiger partial charge in [0, 0.05) is 29.2 Å². The number of Topliss-reactive ketones (excluding diaryl/α,β-unsaturated/α-hetero) is 1. The second-order valence-corrected chi connectivity index (χ2v) is 3.37. The van der Waals surface area contributed by atoms with Crippen LogP contribution in [0, 0.1) is 0 Å². The molecule has 0 saturated carbocycles. The molecule has 1 aliphatic rings. The van der Waals surface area contributed by atoms with Crippen LogP contribution in [0.15, 0.2) is 23.8 Å². The van der Waals surface area contributed by atoms with Gasteiger partial charge in [0.1, 0.15) is 0 Å². The molecule has 0 atom stereocenters. The van der Waals surface area contributed by atoms with Crippen LogP contribution in [0.3, 0.4) is 0 Å². The third kappa shape index (κ3) is 2.26. The number of hydrogen-bond donors (Lipinski definition) is 0. The number of allylic oxidation sites excluding steroid dienone is 4. The summed E-state index contributed by atoms with van der Waals surface area (Å²) in [6.07, 6.45) is 6.65. The molecule has 0 aromatic carbocycles. The van der Waals surface area contributed by atoms with Crippen LogP contribution in [0.1, 0.15) is 12.8 Å². The van der Waals surface area contributed by atoms with Crippen molar-refractivity contribution in [3.05, 3.63) is 23.8 Å². The van der Waals surface area contributed by atoms with Crippen molar-refractivity contribution in [2.45, 2.75) is 12.8 Å². The Hall–Kier alpha value is -0.470. The van der Waals surface area contributed by atoms with Crippen molar-refractivity contribution in [1.29, 1.82) is 0 Å². The molecule has 0 heterocycles. The van der Waals surface area contributed by atoms with Gasteiger partial charge in [-0.3, -0.25) is 4.79 Å². The Kier molecular flexibility index (Phi) is 3.63. The fourth-order valence-electron chi connectivity index (χ4n) is 1.01. The van der Waals surface area contributed by atoms with E-state index >= 15 is 0 Å². The first kappa shape index (κ1) is 9.62. The van der Waals surface area contributed by atoms with E-state index < -0.39 is 0 Å². The molecule has 1 rings (SSSR count). The van der Waals surface area contributed by atoms with Gasteiger partial charge in [0.15, 0.2) is 5.78 Å². The van der Waals surface area contributed by atoms with Crippen LogP contribution in [-0.2, 0) is 4.79 Å². The molecule has 0 fully saturated rings. The van der Waals surface area contributed by atoms with Crippen molar-refractivity contribution in [3.8, 4) is 0 Å². The molecule has 0 unspecified atom stereocenters. The highest BCUT2D eigenvalue weighted by atomic mass is 35.5. The molecule has 1 aliphatic carbocycles. The van der Waals surface area contributed by atoms with E-state index in [2.05, 4.69) is 0 Å². The van der Waals surface area contributed by atoms with Crippen LogP contribution >= 0.6 is 23.8 Å². The molecule has 0 N–H and O–H groups in total. The zero-order chi connectivity index (χ0) is 8.97. The fourth-order valence-corrected chi connectivity index (χ4v) is 1.46. The minimum Gasteiger partial charge on any atom is -0.294 e. The van der Waals surface area contributed by atoms with Gasteiger partial charge in [-0.1, -0.05) is 30.4 Å². The van der Waals surface area contributed by atoms with Crippen molar-refractivity contribution < 1.29 is 4.79 Å². The van der Waals surface area contributed by atoms with E-state index in [9.17, 15) is 4.79 Å². The van der Waals surface area contributed by atoms with Crippen LogP contribution in [-0.4, -0.2) is 16.5 Å². The maximum Gasteiger partial charge on any atom is 0.165 e. The van der Waals surface area contributed by atoms with E-state index in [4.69, 9.17) is 23.8 Å². The highest BCUT2D eigenvalue weighted by molar-refractivity contribution is 7.81. The molecule has 0 bridgehead atoms. The van der Waals surface area contributed by atoms with Crippen molar-refractivity contribution in [3.63, 3.8) is 0 Å². The summed E-state index contributed by atoms with van der Waals surface area (Å²) in [7, 11) is 0. The van der Waals surface area contributed by atoms with Gasteiger partial charge in [-0.25, -0.2) is 0 Å². The molecule has 0 saturated heterocycles. The average Bonchev–Trinajstić information content (AvgIpc) is 2.05. The highest BCUT2D eigenvalue weighted by Gasteiger charge is 2.13. The molecular weight excluding hydrogens is 192 g/mol. The van der Waals surface area contributed by atoms with E-state index in [0.717, 1.165) is 4.86 Å². The molecule has 1 nitrogen and oxygen atoms in total. The second-order valence-electron chi connectivity index (χ2n) is 2.50. The standard InChI is InChI=1S/C9H9ClOS/c10-6-5-8(11)7-3-1-2-4-9(7)12/h1-3H,4-6H2. The Morgan fingerprint density at radius 1 is 1.67 bits per heavy atom. The lowest BCUT2D eigenvalue weighted by Gasteiger charge is -2.07. The largest absolute Gasteiger partial charge is 0.294 e. The number of carbonyl (C=O) groups is 1. The lowest BCUT2D eigenvalue weighted by molar-refractivity contribution is -0.114. The molecule has 64 valence electrons. The first-order valence-electron chi connectivity index (χ1n) is 3.75. The highest BCUT2D eigenvalue weighted by Crippen LogP contribution is 2.12. The monoisotopic (exact) mass is 200 g/mol. The Bertz CT molecular complexity index is 266. The van der Waals surface area contributed by atoms with Gasteiger partial charge in [-0.2, -0.15) is 0 Å². The van der Waals surface area contributed by atoms with Gasteiger partial charge in [0.05, 0.1) is 0 Å². The van der Waals surface area contributed by atoms with E-state index in [-0.39, 0.29) is 5.78 Å². The lowest BCUT2D eigenvalue weighted by atomic mass is 9.99. The quantitative estimate of drug-likeness (QED) is 0.514. The third-order valence-electron chi connectivity index (χ3n) is 1.62. The normalized spacial score (nSPS) is 16.1. The summed E-state index contributed by atoms with van der Waals surface area (Å²) in [6, 6.07) is 0. The smallest absolute Gasteiger partial charge is 0.165 e. The number of alkyl halides is 1. The SMILES string of the molecule is O=C(CCCl)C1=CC=CCC1=S. The van der Waals surface area contributed by atoms with Gasteiger partial charge < -0.3 is 0 Å². The summed E-state index contributed by atoms with van der Waals surface area (Å²) in [4.78, 5) is 12.1. The zero-order valence-corrected chi connectivity index (χ0v) is 8.12. The Balaban J connectivity index is 2.72. The van der Waals surface area contributed by atoms with Crippen LogP contribution in [0.5, 0.6) is 0 Å². The summed E-state index contributed by atoms with van der Waals surface area (Å²) in [5, 5.41) is 0. The molecule has 0 aromatic rings. The molecule has 0 radical (unpaired) electrons. The molecule has 3 heteroatoms. The molecule has 0 amide bonds. The topological polar surface area (TPSA) is 17.1 Å². The van der Waals surface area contributed by atoms with Crippen molar-refractivity contribution >= 4 is 34.5 Å². The predicted molar refractivity (Wildman–Crippen MR) is 54.8 cm³/mol. The number of halogens is 1. The van der Waals surface area contributed by atoms with E-state index in [1.165, 1.54) is 0 Å². The van der Waals surface area contributed by atoms with Crippen LogP contribution in [0.2, 0.25) is 0 Å². The van der Waals surface area contributed by atoms with E-state index in [0.29, 0.717) is 24.3 Å². The Labute approximate surface area is 82.1 Å². The summed E-state index contributed by atoms with van der Waals surface area (Å²) < 4.78 is 0. The number of thiocarbonyl (C=S) groups is 1.